The number of nitrogens with zero attached hydrogens (tertiary/aromatic N) is 1. The first-order valence-corrected chi connectivity index (χ1v) is 12.0. The third-order valence-electron chi connectivity index (χ3n) is 6.64. The minimum absolute atomic E-state index is 0.0147. The van der Waals surface area contributed by atoms with E-state index in [4.69, 9.17) is 4.74 Å². The predicted octanol–water partition coefficient (Wildman–Crippen LogP) is 1.57. The van der Waals surface area contributed by atoms with E-state index in [-0.39, 0.29) is 25.2 Å². The zero-order valence-electron chi connectivity index (χ0n) is 19.5. The number of esters is 1. The molecule has 3 N–H and O–H groups in total. The third kappa shape index (κ3) is 6.54. The van der Waals surface area contributed by atoms with Crippen LogP contribution in [0.2, 0.25) is 0 Å². The molecule has 1 aromatic rings. The molecule has 182 valence electrons. The molecule has 0 saturated carbocycles. The van der Waals surface area contributed by atoms with E-state index < -0.39 is 48.2 Å². The second-order valence-electron chi connectivity index (χ2n) is 9.27. The summed E-state index contributed by atoms with van der Waals surface area (Å²) in [4.78, 5) is 41.0. The minimum atomic E-state index is -1.09. The van der Waals surface area contributed by atoms with Gasteiger partial charge in [-0.25, -0.2) is 4.79 Å². The zero-order valence-corrected chi connectivity index (χ0v) is 19.5. The zero-order chi connectivity index (χ0) is 24.0. The molecule has 33 heavy (non-hydrogen) atoms. The summed E-state index contributed by atoms with van der Waals surface area (Å²) in [6, 6.07) is 7.79. The first-order valence-electron chi connectivity index (χ1n) is 12.0. The van der Waals surface area contributed by atoms with Crippen LogP contribution in [0.4, 0.5) is 0 Å². The number of rotatable bonds is 4. The van der Waals surface area contributed by atoms with Crippen LogP contribution in [-0.4, -0.2) is 69.8 Å². The molecular formula is C25H36N2O6. The summed E-state index contributed by atoms with van der Waals surface area (Å²) in [7, 11) is 0. The molecule has 8 nitrogen and oxygen atoms in total. The number of hydrogen-bond acceptors (Lipinski definition) is 6. The van der Waals surface area contributed by atoms with Crippen LogP contribution in [0.1, 0.15) is 57.9 Å². The maximum absolute atomic E-state index is 13.5. The van der Waals surface area contributed by atoms with Gasteiger partial charge in [0.2, 0.25) is 11.8 Å². The SMILES string of the molecule is CCCC1CC(O)C[C@@H](O)C(C)C(=O)NC(Cc2ccccc2)C(=O)N2CCC[C@H]2C(=O)O1. The van der Waals surface area contributed by atoms with Crippen LogP contribution in [-0.2, 0) is 25.5 Å². The highest BCUT2D eigenvalue weighted by Crippen LogP contribution is 2.24. The van der Waals surface area contributed by atoms with Gasteiger partial charge in [-0.3, -0.25) is 9.59 Å². The fourth-order valence-electron chi connectivity index (χ4n) is 4.68. The molecule has 6 atom stereocenters. The molecule has 0 aromatic heterocycles. The van der Waals surface area contributed by atoms with E-state index in [1.807, 2.05) is 37.3 Å². The molecule has 2 aliphatic heterocycles. The summed E-state index contributed by atoms with van der Waals surface area (Å²) in [6.45, 7) is 3.97. The number of benzene rings is 1. The fraction of sp³-hybridized carbons (Fsp3) is 0.640. The van der Waals surface area contributed by atoms with Gasteiger partial charge in [-0.1, -0.05) is 50.6 Å². The second kappa shape index (κ2) is 11.6. The highest BCUT2D eigenvalue weighted by atomic mass is 16.5. The van der Waals surface area contributed by atoms with Gasteiger partial charge in [0.05, 0.1) is 18.1 Å². The first kappa shape index (κ1) is 25.2. The normalized spacial score (nSPS) is 32.0. The number of nitrogens with one attached hydrogen (secondary N) is 1. The number of carbonyl (C=O) groups is 3. The van der Waals surface area contributed by atoms with Crippen molar-refractivity contribution < 1.29 is 29.3 Å². The van der Waals surface area contributed by atoms with Crippen LogP contribution in [0.25, 0.3) is 0 Å². The van der Waals surface area contributed by atoms with E-state index in [0.717, 1.165) is 12.0 Å². The van der Waals surface area contributed by atoms with Crippen molar-refractivity contribution in [2.75, 3.05) is 6.54 Å². The fourth-order valence-corrected chi connectivity index (χ4v) is 4.68. The van der Waals surface area contributed by atoms with Crippen molar-refractivity contribution >= 4 is 17.8 Å². The van der Waals surface area contributed by atoms with Gasteiger partial charge >= 0.3 is 5.97 Å². The number of carbonyl (C=O) groups excluding carboxylic acids is 3. The Bertz CT molecular complexity index is 816. The number of aliphatic hydroxyl groups excluding tert-OH is 2. The van der Waals surface area contributed by atoms with Crippen LogP contribution in [0, 0.1) is 5.92 Å². The van der Waals surface area contributed by atoms with Crippen molar-refractivity contribution in [3.8, 4) is 0 Å². The lowest BCUT2D eigenvalue weighted by molar-refractivity contribution is -0.160. The smallest absolute Gasteiger partial charge is 0.329 e. The lowest BCUT2D eigenvalue weighted by atomic mass is 9.94. The quantitative estimate of drug-likeness (QED) is 0.588. The highest BCUT2D eigenvalue weighted by molar-refractivity contribution is 5.92. The minimum Gasteiger partial charge on any atom is -0.461 e. The van der Waals surface area contributed by atoms with Gasteiger partial charge in [-0.05, 0) is 24.8 Å². The number of hydrogen-bond donors (Lipinski definition) is 3. The molecule has 2 fully saturated rings. The standard InChI is InChI=1S/C25H36N2O6/c1-3-8-19-14-18(28)15-22(29)16(2)23(30)26-20(13-17-9-5-4-6-10-17)24(31)27-12-7-11-21(27)25(32)33-19/h4-6,9-10,16,18-22,28-29H,3,7-8,11-15H2,1-2H3,(H,26,30)/t16?,18?,19?,20?,21-,22+/m0/s1. The van der Waals surface area contributed by atoms with Gasteiger partial charge in [0.25, 0.3) is 0 Å². The Labute approximate surface area is 195 Å². The van der Waals surface area contributed by atoms with E-state index in [9.17, 15) is 24.6 Å². The second-order valence-corrected chi connectivity index (χ2v) is 9.27. The summed E-state index contributed by atoms with van der Waals surface area (Å²) in [5.74, 6) is -2.06. The van der Waals surface area contributed by atoms with Crippen molar-refractivity contribution in [2.45, 2.75) is 89.2 Å². The molecule has 0 radical (unpaired) electrons. The van der Waals surface area contributed by atoms with E-state index in [1.165, 1.54) is 4.90 Å². The van der Waals surface area contributed by atoms with Crippen molar-refractivity contribution in [3.05, 3.63) is 35.9 Å². The van der Waals surface area contributed by atoms with Crippen molar-refractivity contribution in [1.29, 1.82) is 0 Å². The van der Waals surface area contributed by atoms with Crippen LogP contribution in [0.5, 0.6) is 0 Å². The summed E-state index contributed by atoms with van der Waals surface area (Å²) in [5, 5.41) is 23.9. The van der Waals surface area contributed by atoms with Crippen LogP contribution >= 0.6 is 0 Å². The molecule has 0 aliphatic carbocycles. The van der Waals surface area contributed by atoms with Crippen LogP contribution in [0.15, 0.2) is 30.3 Å². The van der Waals surface area contributed by atoms with Crippen LogP contribution in [0.3, 0.4) is 0 Å². The Morgan fingerprint density at radius 3 is 2.55 bits per heavy atom. The average molecular weight is 461 g/mol. The Morgan fingerprint density at radius 2 is 1.85 bits per heavy atom. The van der Waals surface area contributed by atoms with Crippen molar-refractivity contribution in [2.24, 2.45) is 5.92 Å². The van der Waals surface area contributed by atoms with Gasteiger partial charge in [-0.15, -0.1) is 0 Å². The third-order valence-corrected chi connectivity index (χ3v) is 6.64. The number of aliphatic hydroxyl groups is 2. The highest BCUT2D eigenvalue weighted by Gasteiger charge is 2.40. The summed E-state index contributed by atoms with van der Waals surface area (Å²) in [6.07, 6.45) is 0.451. The Balaban J connectivity index is 1.90. The van der Waals surface area contributed by atoms with Gasteiger partial charge in [0, 0.05) is 25.8 Å². The monoisotopic (exact) mass is 460 g/mol. The lowest BCUT2D eigenvalue weighted by Crippen LogP contribution is -2.54. The van der Waals surface area contributed by atoms with Crippen LogP contribution < -0.4 is 5.32 Å². The molecule has 8 heteroatoms. The molecule has 2 heterocycles. The maximum Gasteiger partial charge on any atom is 0.329 e. The number of fused-ring (bicyclic) bond motifs is 1. The Morgan fingerprint density at radius 1 is 1.12 bits per heavy atom. The molecule has 2 amide bonds. The molecule has 2 aliphatic rings. The van der Waals surface area contributed by atoms with Gasteiger partial charge in [0.15, 0.2) is 0 Å². The maximum atomic E-state index is 13.5. The first-order chi connectivity index (χ1) is 15.8. The Hall–Kier alpha value is -2.45. The van der Waals surface area contributed by atoms with Gasteiger partial charge in [-0.2, -0.15) is 0 Å². The molecule has 4 unspecified atom stereocenters. The molecular weight excluding hydrogens is 424 g/mol. The van der Waals surface area contributed by atoms with E-state index in [2.05, 4.69) is 5.32 Å². The Kier molecular flexibility index (Phi) is 8.86. The van der Waals surface area contributed by atoms with Crippen molar-refractivity contribution in [1.82, 2.24) is 10.2 Å². The summed E-state index contributed by atoms with van der Waals surface area (Å²) >= 11 is 0. The molecule has 0 spiro atoms. The summed E-state index contributed by atoms with van der Waals surface area (Å²) in [5.41, 5.74) is 0.877. The average Bonchev–Trinajstić information content (AvgIpc) is 3.27. The van der Waals surface area contributed by atoms with Crippen molar-refractivity contribution in [3.63, 3.8) is 0 Å². The van der Waals surface area contributed by atoms with E-state index in [1.54, 1.807) is 6.92 Å². The van der Waals surface area contributed by atoms with Gasteiger partial charge < -0.3 is 25.2 Å². The van der Waals surface area contributed by atoms with Gasteiger partial charge in [0.1, 0.15) is 18.2 Å². The molecule has 0 bridgehead atoms. The lowest BCUT2D eigenvalue weighted by Gasteiger charge is -2.32. The number of cyclic esters (lactones) is 1. The molecule has 2 saturated heterocycles. The predicted molar refractivity (Wildman–Crippen MR) is 122 cm³/mol. The molecule has 3 rings (SSSR count). The largest absolute Gasteiger partial charge is 0.461 e. The summed E-state index contributed by atoms with van der Waals surface area (Å²) < 4.78 is 5.74. The topological polar surface area (TPSA) is 116 Å². The molecule has 1 aromatic carbocycles. The van der Waals surface area contributed by atoms with E-state index in [0.29, 0.717) is 25.8 Å². The van der Waals surface area contributed by atoms with E-state index >= 15 is 0 Å². The number of amides is 2. The number of ether oxygens (including phenoxy) is 1.